The van der Waals surface area contributed by atoms with Crippen LogP contribution in [0.2, 0.25) is 0 Å². The van der Waals surface area contributed by atoms with Crippen molar-refractivity contribution >= 4 is 29.2 Å². The van der Waals surface area contributed by atoms with Gasteiger partial charge in [0.15, 0.2) is 5.78 Å². The third-order valence-electron chi connectivity index (χ3n) is 6.50. The molecule has 0 fully saturated rings. The number of aliphatic imine (C=N–C) groups is 1. The smallest absolute Gasteiger partial charge is 0.271 e. The first kappa shape index (κ1) is 37.8. The van der Waals surface area contributed by atoms with E-state index < -0.39 is 5.91 Å². The van der Waals surface area contributed by atoms with Crippen molar-refractivity contribution in [2.45, 2.75) is 66.2 Å². The highest BCUT2D eigenvalue weighted by Crippen LogP contribution is 2.21. The quantitative estimate of drug-likeness (QED) is 0.0845. The standard InChI is InChI=1S/C28H31N3O3.C9H21N/c1-5-10-23(30-26(11-6-2)22-14-16-24(34-4)17-15-22)19-25(29)28(33)31-27(20(3)32)18-21-12-8-7-9-13-21;1-4-6-7-9-10(3)8-5-2/h6-9,11-19H,2,5,10,29H2,1,3-4H3,(H,31,33);4-9H2,1-3H3/b25-19-,26-11-,27-18+,30-23-;. The predicted octanol–water partition coefficient (Wildman–Crippen LogP) is 7.57. The van der Waals surface area contributed by atoms with Gasteiger partial charge in [0.1, 0.15) is 5.75 Å². The molecule has 0 unspecified atom stereocenters. The molecule has 0 radical (unpaired) electrons. The Morgan fingerprint density at radius 2 is 1.66 bits per heavy atom. The van der Waals surface area contributed by atoms with Crippen molar-refractivity contribution in [3.63, 3.8) is 0 Å². The molecule has 238 valence electrons. The minimum atomic E-state index is -0.570. The highest BCUT2D eigenvalue weighted by Gasteiger charge is 2.13. The fourth-order valence-electron chi connectivity index (χ4n) is 4.15. The van der Waals surface area contributed by atoms with Gasteiger partial charge < -0.3 is 20.7 Å². The number of Topliss-reactive ketones (excluding diaryl/α,β-unsaturated/α-hetero) is 1. The lowest BCUT2D eigenvalue weighted by atomic mass is 10.1. The van der Waals surface area contributed by atoms with E-state index in [0.29, 0.717) is 17.8 Å². The fourth-order valence-corrected chi connectivity index (χ4v) is 4.15. The Bertz CT molecular complexity index is 1280. The van der Waals surface area contributed by atoms with Crippen molar-refractivity contribution in [1.29, 1.82) is 0 Å². The molecule has 0 saturated heterocycles. The number of nitrogens with two attached hydrogens (primary N) is 1. The summed E-state index contributed by atoms with van der Waals surface area (Å²) < 4.78 is 5.22. The monoisotopic (exact) mass is 600 g/mol. The summed E-state index contributed by atoms with van der Waals surface area (Å²) in [6, 6.07) is 16.7. The topological polar surface area (TPSA) is 97.0 Å². The van der Waals surface area contributed by atoms with Crippen LogP contribution in [0.25, 0.3) is 11.8 Å². The minimum absolute atomic E-state index is 0.0416. The zero-order valence-electron chi connectivity index (χ0n) is 27.6. The number of ether oxygens (including phenoxy) is 1. The van der Waals surface area contributed by atoms with Gasteiger partial charge >= 0.3 is 0 Å². The van der Waals surface area contributed by atoms with Crippen LogP contribution in [0.4, 0.5) is 0 Å². The Kier molecular flexibility index (Phi) is 19.2. The number of carbonyl (C=O) groups is 2. The van der Waals surface area contributed by atoms with E-state index in [1.807, 2.05) is 61.5 Å². The average Bonchev–Trinajstić information content (AvgIpc) is 3.01. The summed E-state index contributed by atoms with van der Waals surface area (Å²) in [6.07, 6.45) is 13.4. The number of rotatable bonds is 17. The van der Waals surface area contributed by atoms with Crippen LogP contribution in [-0.4, -0.2) is 49.5 Å². The number of carbonyl (C=O) groups excluding carboxylic acids is 2. The molecule has 1 amide bonds. The van der Waals surface area contributed by atoms with Crippen molar-refractivity contribution in [3.05, 3.63) is 102 Å². The van der Waals surface area contributed by atoms with Crippen LogP contribution in [0.15, 0.2) is 95.8 Å². The van der Waals surface area contributed by atoms with Crippen molar-refractivity contribution in [3.8, 4) is 5.75 Å². The van der Waals surface area contributed by atoms with Crippen LogP contribution < -0.4 is 15.8 Å². The lowest BCUT2D eigenvalue weighted by Gasteiger charge is -2.14. The van der Waals surface area contributed by atoms with Crippen molar-refractivity contribution in [2.24, 2.45) is 10.7 Å². The Hall–Kier alpha value is -4.23. The van der Waals surface area contributed by atoms with E-state index in [9.17, 15) is 9.59 Å². The number of nitrogens with one attached hydrogen (secondary N) is 1. The summed E-state index contributed by atoms with van der Waals surface area (Å²) in [5.74, 6) is -0.104. The van der Waals surface area contributed by atoms with Crippen LogP contribution in [-0.2, 0) is 9.59 Å². The Labute approximate surface area is 265 Å². The van der Waals surface area contributed by atoms with E-state index in [0.717, 1.165) is 23.3 Å². The first-order valence-corrected chi connectivity index (χ1v) is 15.5. The van der Waals surface area contributed by atoms with Gasteiger partial charge in [-0.1, -0.05) is 83.0 Å². The third kappa shape index (κ3) is 15.3. The first-order chi connectivity index (χ1) is 21.2. The van der Waals surface area contributed by atoms with Crippen LogP contribution in [0.5, 0.6) is 5.75 Å². The van der Waals surface area contributed by atoms with Gasteiger partial charge in [-0.25, -0.2) is 0 Å². The largest absolute Gasteiger partial charge is 0.497 e. The second kappa shape index (κ2) is 22.3. The molecule has 44 heavy (non-hydrogen) atoms. The maximum Gasteiger partial charge on any atom is 0.271 e. The van der Waals surface area contributed by atoms with E-state index in [-0.39, 0.29) is 17.2 Å². The molecule has 0 aromatic heterocycles. The molecule has 2 aromatic carbocycles. The average molecular weight is 601 g/mol. The molecule has 2 aromatic rings. The molecule has 2 rings (SSSR count). The first-order valence-electron chi connectivity index (χ1n) is 15.5. The summed E-state index contributed by atoms with van der Waals surface area (Å²) in [5.41, 5.74) is 9.19. The minimum Gasteiger partial charge on any atom is -0.497 e. The van der Waals surface area contributed by atoms with Crippen LogP contribution in [0, 0.1) is 0 Å². The predicted molar refractivity (Wildman–Crippen MR) is 186 cm³/mol. The lowest BCUT2D eigenvalue weighted by molar-refractivity contribution is -0.119. The Balaban J connectivity index is 0.000000828. The van der Waals surface area contributed by atoms with Gasteiger partial charge in [-0.15, -0.1) is 0 Å². The Morgan fingerprint density at radius 3 is 2.20 bits per heavy atom. The van der Waals surface area contributed by atoms with Gasteiger partial charge in [0.25, 0.3) is 5.91 Å². The fraction of sp³-hybridized carbons (Fsp3) is 0.378. The molecule has 0 saturated carbocycles. The van der Waals surface area contributed by atoms with Gasteiger partial charge in [0.05, 0.1) is 24.2 Å². The van der Waals surface area contributed by atoms with Crippen molar-refractivity contribution in [2.75, 3.05) is 27.2 Å². The van der Waals surface area contributed by atoms with E-state index in [1.54, 1.807) is 31.4 Å². The van der Waals surface area contributed by atoms with E-state index in [1.165, 1.54) is 45.7 Å². The Morgan fingerprint density at radius 1 is 0.977 bits per heavy atom. The maximum absolute atomic E-state index is 12.7. The molecule has 0 aliphatic carbocycles. The lowest BCUT2D eigenvalue weighted by Crippen LogP contribution is -2.31. The van der Waals surface area contributed by atoms with Gasteiger partial charge in [0.2, 0.25) is 0 Å². The number of hydrogen-bond donors (Lipinski definition) is 2. The zero-order chi connectivity index (χ0) is 32.7. The maximum atomic E-state index is 12.7. The number of ketones is 1. The SMILES string of the molecule is C=C\C=C(/N=C(\C=C(/N)C(=O)N/C(=C/c1ccccc1)C(C)=O)CCC)c1ccc(OC)cc1.CCCCCN(C)CCC. The van der Waals surface area contributed by atoms with Crippen molar-refractivity contribution in [1.82, 2.24) is 10.2 Å². The third-order valence-corrected chi connectivity index (χ3v) is 6.50. The van der Waals surface area contributed by atoms with E-state index in [4.69, 9.17) is 15.5 Å². The summed E-state index contributed by atoms with van der Waals surface area (Å²) in [7, 11) is 3.82. The molecule has 0 atom stereocenters. The number of benzene rings is 2. The van der Waals surface area contributed by atoms with Crippen LogP contribution in [0.3, 0.4) is 0 Å². The molecule has 0 bridgehead atoms. The molecule has 3 N–H and O–H groups in total. The molecule has 0 heterocycles. The number of unbranched alkanes of at least 4 members (excludes halogenated alkanes) is 2. The molecule has 7 heteroatoms. The summed E-state index contributed by atoms with van der Waals surface area (Å²) in [5, 5.41) is 2.61. The molecule has 0 aliphatic heterocycles. The zero-order valence-corrected chi connectivity index (χ0v) is 27.6. The highest BCUT2D eigenvalue weighted by molar-refractivity contribution is 6.08. The van der Waals surface area contributed by atoms with Crippen LogP contribution >= 0.6 is 0 Å². The molecular weight excluding hydrogens is 548 g/mol. The summed E-state index contributed by atoms with van der Waals surface area (Å²) in [4.78, 5) is 31.9. The number of hydrogen-bond acceptors (Lipinski definition) is 6. The molecular formula is C37H52N4O3. The van der Waals surface area contributed by atoms with Gasteiger partial charge in [0, 0.05) is 18.2 Å². The summed E-state index contributed by atoms with van der Waals surface area (Å²) in [6.45, 7) is 14.2. The highest BCUT2D eigenvalue weighted by atomic mass is 16.5. The summed E-state index contributed by atoms with van der Waals surface area (Å²) >= 11 is 0. The molecule has 7 nitrogen and oxygen atoms in total. The number of methoxy groups -OCH3 is 1. The molecule has 0 spiro atoms. The second-order valence-corrected chi connectivity index (χ2v) is 10.5. The number of nitrogens with zero attached hydrogens (tertiary/aromatic N) is 2. The van der Waals surface area contributed by atoms with Gasteiger partial charge in [-0.2, -0.15) is 0 Å². The van der Waals surface area contributed by atoms with Gasteiger partial charge in [-0.05, 0) is 87.5 Å². The van der Waals surface area contributed by atoms with Crippen molar-refractivity contribution < 1.29 is 14.3 Å². The normalized spacial score (nSPS) is 12.3. The van der Waals surface area contributed by atoms with E-state index >= 15 is 0 Å². The second-order valence-electron chi connectivity index (χ2n) is 10.5. The van der Waals surface area contributed by atoms with Gasteiger partial charge in [-0.3, -0.25) is 14.6 Å². The molecule has 0 aliphatic rings. The van der Waals surface area contributed by atoms with E-state index in [2.05, 4.69) is 37.7 Å². The van der Waals surface area contributed by atoms with Crippen LogP contribution in [0.1, 0.15) is 77.3 Å². The number of allylic oxidation sites excluding steroid dienone is 4. The number of amides is 1.